The van der Waals surface area contributed by atoms with Crippen LogP contribution in [-0.2, 0) is 7.05 Å². The topological polar surface area (TPSA) is 102 Å². The number of halogens is 3. The number of hydrogen-bond acceptors (Lipinski definition) is 6. The lowest BCUT2D eigenvalue weighted by atomic mass is 9.92. The Hall–Kier alpha value is -3.47. The third-order valence-corrected chi connectivity index (χ3v) is 5.35. The van der Waals surface area contributed by atoms with Gasteiger partial charge in [-0.2, -0.15) is 5.10 Å². The Kier molecular flexibility index (Phi) is 6.32. The summed E-state index contributed by atoms with van der Waals surface area (Å²) in [4.78, 5) is 21.8. The number of aryl methyl sites for hydroxylation is 1. The van der Waals surface area contributed by atoms with Gasteiger partial charge in [0.05, 0.1) is 29.6 Å². The fourth-order valence-corrected chi connectivity index (χ4v) is 3.73. The first kappa shape index (κ1) is 22.7. The second kappa shape index (κ2) is 9.18. The number of aliphatic hydroxyl groups is 1. The van der Waals surface area contributed by atoms with Crippen molar-refractivity contribution in [2.45, 2.75) is 44.2 Å². The van der Waals surface area contributed by atoms with E-state index in [4.69, 9.17) is 0 Å². The molecule has 1 amide bonds. The van der Waals surface area contributed by atoms with Gasteiger partial charge in [-0.05, 0) is 43.2 Å². The van der Waals surface area contributed by atoms with Crippen molar-refractivity contribution >= 4 is 5.91 Å². The lowest BCUT2D eigenvalue weighted by molar-refractivity contribution is -0.274. The van der Waals surface area contributed by atoms with E-state index >= 15 is 0 Å². The van der Waals surface area contributed by atoms with Crippen LogP contribution in [0.4, 0.5) is 13.2 Å². The second-order valence-corrected chi connectivity index (χ2v) is 7.87. The maximum Gasteiger partial charge on any atom is 0.573 e. The van der Waals surface area contributed by atoms with E-state index in [1.165, 1.54) is 30.3 Å². The van der Waals surface area contributed by atoms with Gasteiger partial charge < -0.3 is 15.2 Å². The number of nitrogens with one attached hydrogen (secondary N) is 1. The minimum Gasteiger partial charge on any atom is -0.406 e. The van der Waals surface area contributed by atoms with Crippen LogP contribution in [0.15, 0.2) is 42.7 Å². The van der Waals surface area contributed by atoms with E-state index in [2.05, 4.69) is 25.1 Å². The third kappa shape index (κ3) is 5.67. The maximum atomic E-state index is 13.0. The summed E-state index contributed by atoms with van der Waals surface area (Å²) in [5.74, 6) is -0.589. The predicted molar refractivity (Wildman–Crippen MR) is 112 cm³/mol. The molecule has 3 aromatic rings. The normalized spacial score (nSPS) is 18.7. The summed E-state index contributed by atoms with van der Waals surface area (Å²) >= 11 is 0. The zero-order valence-corrected chi connectivity index (χ0v) is 17.7. The largest absolute Gasteiger partial charge is 0.573 e. The van der Waals surface area contributed by atoms with Crippen molar-refractivity contribution in [2.24, 2.45) is 7.05 Å². The molecule has 0 radical (unpaired) electrons. The quantitative estimate of drug-likeness (QED) is 0.603. The van der Waals surface area contributed by atoms with Gasteiger partial charge in [-0.25, -0.2) is 9.97 Å². The van der Waals surface area contributed by atoms with Crippen LogP contribution in [0, 0.1) is 0 Å². The number of carbonyl (C=O) groups excluding carboxylic acids is 1. The number of aliphatic hydroxyl groups excluding tert-OH is 1. The molecule has 33 heavy (non-hydrogen) atoms. The number of carbonyl (C=O) groups is 1. The summed E-state index contributed by atoms with van der Waals surface area (Å²) in [6.07, 6.45) is 0.919. The molecule has 0 saturated heterocycles. The van der Waals surface area contributed by atoms with Gasteiger partial charge in [0.15, 0.2) is 5.82 Å². The van der Waals surface area contributed by atoms with Crippen molar-refractivity contribution in [3.8, 4) is 28.4 Å². The highest BCUT2D eigenvalue weighted by Gasteiger charge is 2.31. The van der Waals surface area contributed by atoms with Crippen molar-refractivity contribution in [1.82, 2.24) is 25.1 Å². The summed E-state index contributed by atoms with van der Waals surface area (Å²) in [7, 11) is 1.73. The molecule has 1 aromatic carbocycles. The standard InChI is InChI=1S/C22H22F3N5O3/c1-30-12-14(11-26-30)20-27-17(13-6-8-15(9-7-13)33-22(23,24)25)10-18(28-20)21(32)29-16-4-2-3-5-19(16)31/h6-12,16,19,31H,2-5H2,1H3,(H,29,32)/t16-,19-/m0/s1. The average molecular weight is 461 g/mol. The minimum atomic E-state index is -4.79. The van der Waals surface area contributed by atoms with Crippen molar-refractivity contribution < 1.29 is 27.8 Å². The maximum absolute atomic E-state index is 13.0. The van der Waals surface area contributed by atoms with Gasteiger partial charge >= 0.3 is 6.36 Å². The van der Waals surface area contributed by atoms with E-state index in [1.807, 2.05) is 0 Å². The van der Waals surface area contributed by atoms with Crippen LogP contribution in [-0.4, -0.2) is 49.3 Å². The van der Waals surface area contributed by atoms with Crippen LogP contribution in [0.25, 0.3) is 22.6 Å². The zero-order chi connectivity index (χ0) is 23.6. The molecule has 0 spiro atoms. The molecule has 174 valence electrons. The highest BCUT2D eigenvalue weighted by atomic mass is 19.4. The van der Waals surface area contributed by atoms with Crippen LogP contribution in [0.2, 0.25) is 0 Å². The number of hydrogen-bond donors (Lipinski definition) is 2. The molecule has 0 bridgehead atoms. The number of rotatable bonds is 5. The third-order valence-electron chi connectivity index (χ3n) is 5.35. The van der Waals surface area contributed by atoms with Crippen LogP contribution in [0.3, 0.4) is 0 Å². The Morgan fingerprint density at radius 1 is 1.15 bits per heavy atom. The van der Waals surface area contributed by atoms with E-state index in [9.17, 15) is 23.1 Å². The molecular weight excluding hydrogens is 439 g/mol. The van der Waals surface area contributed by atoms with Gasteiger partial charge in [0.1, 0.15) is 11.4 Å². The van der Waals surface area contributed by atoms with Gasteiger partial charge in [-0.3, -0.25) is 9.48 Å². The van der Waals surface area contributed by atoms with E-state index in [1.54, 1.807) is 24.1 Å². The molecule has 8 nitrogen and oxygen atoms in total. The van der Waals surface area contributed by atoms with Crippen molar-refractivity contribution in [1.29, 1.82) is 0 Å². The number of ether oxygens (including phenoxy) is 1. The fourth-order valence-electron chi connectivity index (χ4n) is 3.73. The van der Waals surface area contributed by atoms with Gasteiger partial charge in [-0.1, -0.05) is 12.8 Å². The first-order chi connectivity index (χ1) is 15.7. The van der Waals surface area contributed by atoms with Crippen molar-refractivity contribution in [3.05, 3.63) is 48.4 Å². The smallest absolute Gasteiger partial charge is 0.406 e. The number of nitrogens with zero attached hydrogens (tertiary/aromatic N) is 4. The summed E-state index contributed by atoms with van der Waals surface area (Å²) < 4.78 is 42.8. The molecule has 2 atom stereocenters. The molecule has 0 unspecified atom stereocenters. The molecule has 1 aliphatic carbocycles. The highest BCUT2D eigenvalue weighted by Crippen LogP contribution is 2.27. The molecular formula is C22H22F3N5O3. The van der Waals surface area contributed by atoms with Crippen LogP contribution in [0.1, 0.15) is 36.2 Å². The molecule has 0 aliphatic heterocycles. The second-order valence-electron chi connectivity index (χ2n) is 7.87. The molecule has 2 heterocycles. The number of aromatic nitrogens is 4. The molecule has 4 rings (SSSR count). The van der Waals surface area contributed by atoms with Crippen LogP contribution < -0.4 is 10.1 Å². The molecule has 1 saturated carbocycles. The first-order valence-corrected chi connectivity index (χ1v) is 10.4. The summed E-state index contributed by atoms with van der Waals surface area (Å²) in [6, 6.07) is 6.28. The van der Waals surface area contributed by atoms with E-state index in [0.717, 1.165) is 12.8 Å². The zero-order valence-electron chi connectivity index (χ0n) is 17.7. The first-order valence-electron chi connectivity index (χ1n) is 10.4. The summed E-state index contributed by atoms with van der Waals surface area (Å²) in [5.41, 5.74) is 1.47. The highest BCUT2D eigenvalue weighted by molar-refractivity contribution is 5.94. The lowest BCUT2D eigenvalue weighted by Crippen LogP contribution is -2.45. The number of alkyl halides is 3. The molecule has 1 fully saturated rings. The van der Waals surface area contributed by atoms with E-state index < -0.39 is 18.4 Å². The van der Waals surface area contributed by atoms with E-state index in [0.29, 0.717) is 29.7 Å². The molecule has 2 aromatic heterocycles. The summed E-state index contributed by atoms with van der Waals surface area (Å²) in [5, 5.41) is 17.1. The monoisotopic (exact) mass is 461 g/mol. The van der Waals surface area contributed by atoms with Crippen molar-refractivity contribution in [3.63, 3.8) is 0 Å². The SMILES string of the molecule is Cn1cc(-c2nc(C(=O)N[C@H]3CCCC[C@@H]3O)cc(-c3ccc(OC(F)(F)F)cc3)n2)cn1. The van der Waals surface area contributed by atoms with Crippen molar-refractivity contribution in [2.75, 3.05) is 0 Å². The average Bonchev–Trinajstić information content (AvgIpc) is 3.21. The molecule has 1 aliphatic rings. The predicted octanol–water partition coefficient (Wildman–Crippen LogP) is 3.48. The Bertz CT molecular complexity index is 1130. The molecule has 2 N–H and O–H groups in total. The minimum absolute atomic E-state index is 0.0762. The van der Waals surface area contributed by atoms with Gasteiger partial charge in [-0.15, -0.1) is 13.2 Å². The molecule has 11 heteroatoms. The lowest BCUT2D eigenvalue weighted by Gasteiger charge is -2.28. The number of benzene rings is 1. The van der Waals surface area contributed by atoms with Crippen LogP contribution >= 0.6 is 0 Å². The Balaban J connectivity index is 1.67. The summed E-state index contributed by atoms with van der Waals surface area (Å²) in [6.45, 7) is 0. The fraction of sp³-hybridized carbons (Fsp3) is 0.364. The Morgan fingerprint density at radius 3 is 2.52 bits per heavy atom. The van der Waals surface area contributed by atoms with Gasteiger partial charge in [0.2, 0.25) is 0 Å². The van der Waals surface area contributed by atoms with Gasteiger partial charge in [0.25, 0.3) is 5.91 Å². The Morgan fingerprint density at radius 2 is 1.88 bits per heavy atom. The van der Waals surface area contributed by atoms with Gasteiger partial charge in [0, 0.05) is 18.8 Å². The Labute approximate surface area is 187 Å². The number of amides is 1. The van der Waals surface area contributed by atoms with Crippen LogP contribution in [0.5, 0.6) is 5.75 Å². The van der Waals surface area contributed by atoms with E-state index in [-0.39, 0.29) is 23.3 Å².